The Labute approximate surface area is 297 Å². The van der Waals surface area contributed by atoms with E-state index >= 15 is 0 Å². The number of nitrogens with zero attached hydrogens (tertiary/aromatic N) is 2. The first kappa shape index (κ1) is 29.8. The van der Waals surface area contributed by atoms with Crippen LogP contribution in [0.4, 0.5) is 11.4 Å². The average Bonchev–Trinajstić information content (AvgIpc) is 3.71. The van der Waals surface area contributed by atoms with Gasteiger partial charge in [0.15, 0.2) is 0 Å². The fourth-order valence-electron chi connectivity index (χ4n) is 10.1. The maximum absolute atomic E-state index is 2.61. The van der Waals surface area contributed by atoms with Crippen LogP contribution in [0, 0.1) is 11.8 Å². The highest BCUT2D eigenvalue weighted by molar-refractivity contribution is 5.81. The molecule has 5 unspecified atom stereocenters. The summed E-state index contributed by atoms with van der Waals surface area (Å²) in [5.74, 6) is 1.71. The zero-order valence-electron chi connectivity index (χ0n) is 28.7. The Morgan fingerprint density at radius 1 is 0.680 bits per heavy atom. The first-order valence-electron chi connectivity index (χ1n) is 18.9. The molecule has 0 radical (unpaired) electrons. The van der Waals surface area contributed by atoms with E-state index in [0.717, 1.165) is 38.5 Å². The predicted molar refractivity (Wildman–Crippen MR) is 209 cm³/mol. The van der Waals surface area contributed by atoms with Crippen molar-refractivity contribution in [2.75, 3.05) is 9.80 Å². The molecule has 0 N–H and O–H groups in total. The Morgan fingerprint density at radius 3 is 2.40 bits per heavy atom. The van der Waals surface area contributed by atoms with E-state index < -0.39 is 0 Å². The largest absolute Gasteiger partial charge is 0.337 e. The van der Waals surface area contributed by atoms with Crippen LogP contribution < -0.4 is 9.80 Å². The molecule has 0 spiro atoms. The third-order valence-electron chi connectivity index (χ3n) is 12.3. The van der Waals surface area contributed by atoms with Crippen molar-refractivity contribution < 1.29 is 0 Å². The van der Waals surface area contributed by atoms with Gasteiger partial charge in [0, 0.05) is 46.2 Å². The lowest BCUT2D eigenvalue weighted by atomic mass is 9.70. The van der Waals surface area contributed by atoms with Crippen molar-refractivity contribution in [3.63, 3.8) is 0 Å². The lowest BCUT2D eigenvalue weighted by molar-refractivity contribution is 0.470. The van der Waals surface area contributed by atoms with Gasteiger partial charge >= 0.3 is 0 Å². The lowest BCUT2D eigenvalue weighted by Crippen LogP contribution is -2.33. The normalized spacial score (nSPS) is 27.6. The third kappa shape index (κ3) is 4.83. The van der Waals surface area contributed by atoms with Crippen molar-refractivity contribution in [1.29, 1.82) is 0 Å². The summed E-state index contributed by atoms with van der Waals surface area (Å²) in [7, 11) is 0. The maximum atomic E-state index is 2.61. The molecule has 0 aromatic heterocycles. The molecular formula is C48H44N2. The van der Waals surface area contributed by atoms with Gasteiger partial charge in [-0.15, -0.1) is 0 Å². The molecular weight excluding hydrogens is 605 g/mol. The highest BCUT2D eigenvalue weighted by Gasteiger charge is 2.42. The minimum Gasteiger partial charge on any atom is -0.337 e. The Morgan fingerprint density at radius 2 is 1.50 bits per heavy atom. The van der Waals surface area contributed by atoms with Gasteiger partial charge in [-0.05, 0) is 103 Å². The number of para-hydroxylation sites is 2. The molecule has 0 saturated carbocycles. The maximum Gasteiger partial charge on any atom is 0.0626 e. The van der Waals surface area contributed by atoms with Gasteiger partial charge in [0.1, 0.15) is 0 Å². The monoisotopic (exact) mass is 648 g/mol. The summed E-state index contributed by atoms with van der Waals surface area (Å²) in [6, 6.07) is 29.8. The fraction of sp³-hybridized carbons (Fsp3) is 0.250. The number of allylic oxidation sites excluding steroid dienone is 15. The lowest BCUT2D eigenvalue weighted by Gasteiger charge is -2.36. The average molecular weight is 649 g/mol. The van der Waals surface area contributed by atoms with E-state index in [-0.39, 0.29) is 0 Å². The van der Waals surface area contributed by atoms with Gasteiger partial charge in [-0.2, -0.15) is 0 Å². The summed E-state index contributed by atoms with van der Waals surface area (Å²) in [6.45, 7) is 0. The smallest absolute Gasteiger partial charge is 0.0626 e. The van der Waals surface area contributed by atoms with Gasteiger partial charge in [-0.3, -0.25) is 0 Å². The molecule has 10 rings (SSSR count). The Hall–Kier alpha value is -5.08. The van der Waals surface area contributed by atoms with Crippen LogP contribution in [-0.4, -0.2) is 6.04 Å². The van der Waals surface area contributed by atoms with E-state index in [0.29, 0.717) is 29.7 Å². The van der Waals surface area contributed by atoms with Crippen molar-refractivity contribution in [2.24, 2.45) is 11.8 Å². The van der Waals surface area contributed by atoms with E-state index in [9.17, 15) is 0 Å². The summed E-state index contributed by atoms with van der Waals surface area (Å²) < 4.78 is 0. The number of rotatable bonds is 5. The molecule has 5 atom stereocenters. The van der Waals surface area contributed by atoms with Crippen LogP contribution in [0.3, 0.4) is 0 Å². The zero-order valence-corrected chi connectivity index (χ0v) is 28.7. The van der Waals surface area contributed by atoms with Crippen LogP contribution in [-0.2, 0) is 0 Å². The molecule has 3 aromatic carbocycles. The summed E-state index contributed by atoms with van der Waals surface area (Å²) in [5.41, 5.74) is 16.0. The molecule has 0 fully saturated rings. The summed E-state index contributed by atoms with van der Waals surface area (Å²) in [5, 5.41) is 0. The molecule has 7 aliphatic rings. The number of fused-ring (bicyclic) bond motifs is 5. The van der Waals surface area contributed by atoms with E-state index in [4.69, 9.17) is 0 Å². The standard InChI is InChI=1S/C48H44N2/c1-3-15-35(16-4-1)49-45-25-13-11-23-41(45)43-31-33(27-29-47(43)49)37-19-7-9-21-39(37)40-22-10-8-20-38(40)34-28-30-48-44(32-34)42-24-12-14-26-46(42)50(48)36-17-5-2-6-18-36/h1-5,7-12,14-17,19-21,23-24,26-27,29-31,34,40,43-44,47H,6,13,18,22,25,28,32H2. The third-order valence-corrected chi connectivity index (χ3v) is 12.3. The van der Waals surface area contributed by atoms with E-state index in [1.807, 2.05) is 0 Å². The number of hydrogen-bond donors (Lipinski definition) is 0. The van der Waals surface area contributed by atoms with Gasteiger partial charge < -0.3 is 9.80 Å². The molecule has 0 saturated heterocycles. The van der Waals surface area contributed by atoms with Crippen molar-refractivity contribution in [2.45, 2.75) is 62.8 Å². The zero-order chi connectivity index (χ0) is 33.0. The first-order chi connectivity index (χ1) is 24.8. The number of anilines is 2. The Kier molecular flexibility index (Phi) is 7.36. The molecule has 5 aliphatic carbocycles. The molecule has 2 aliphatic heterocycles. The summed E-state index contributed by atoms with van der Waals surface area (Å²) >= 11 is 0. The molecule has 246 valence electrons. The van der Waals surface area contributed by atoms with Crippen LogP contribution in [0.1, 0.15) is 73.5 Å². The van der Waals surface area contributed by atoms with Crippen LogP contribution in [0.5, 0.6) is 0 Å². The Bertz CT molecular complexity index is 2130. The second-order valence-electron chi connectivity index (χ2n) is 14.9. The van der Waals surface area contributed by atoms with Crippen LogP contribution >= 0.6 is 0 Å². The van der Waals surface area contributed by atoms with Crippen molar-refractivity contribution in [3.05, 3.63) is 197 Å². The van der Waals surface area contributed by atoms with E-state index in [2.05, 4.69) is 162 Å². The topological polar surface area (TPSA) is 6.48 Å². The van der Waals surface area contributed by atoms with Gasteiger partial charge in [0.05, 0.1) is 6.04 Å². The van der Waals surface area contributed by atoms with Crippen LogP contribution in [0.15, 0.2) is 180 Å². The van der Waals surface area contributed by atoms with Crippen molar-refractivity contribution >= 4 is 16.9 Å². The molecule has 2 heterocycles. The van der Waals surface area contributed by atoms with E-state index in [1.165, 1.54) is 62.7 Å². The Balaban J connectivity index is 0.980. The molecule has 0 amide bonds. The first-order valence-corrected chi connectivity index (χ1v) is 18.9. The van der Waals surface area contributed by atoms with Crippen molar-refractivity contribution in [1.82, 2.24) is 0 Å². The molecule has 3 aromatic rings. The van der Waals surface area contributed by atoms with Crippen molar-refractivity contribution in [3.8, 4) is 0 Å². The molecule has 2 heteroatoms. The molecule has 50 heavy (non-hydrogen) atoms. The minimum absolute atomic E-state index is 0.326. The van der Waals surface area contributed by atoms with Crippen LogP contribution in [0.2, 0.25) is 0 Å². The van der Waals surface area contributed by atoms with E-state index in [1.54, 1.807) is 5.57 Å². The number of hydrogen-bond acceptors (Lipinski definition) is 2. The summed E-state index contributed by atoms with van der Waals surface area (Å²) in [6.07, 6.45) is 36.7. The fourth-order valence-corrected chi connectivity index (χ4v) is 10.1. The van der Waals surface area contributed by atoms with Gasteiger partial charge in [0.25, 0.3) is 0 Å². The highest BCUT2D eigenvalue weighted by atomic mass is 15.2. The second kappa shape index (κ2) is 12.4. The van der Waals surface area contributed by atoms with Gasteiger partial charge in [-0.25, -0.2) is 0 Å². The quantitative estimate of drug-likeness (QED) is 0.272. The minimum atomic E-state index is 0.326. The highest BCUT2D eigenvalue weighted by Crippen LogP contribution is 2.55. The summed E-state index contributed by atoms with van der Waals surface area (Å²) in [4.78, 5) is 5.21. The predicted octanol–water partition coefficient (Wildman–Crippen LogP) is 11.9. The molecule has 2 nitrogen and oxygen atoms in total. The number of benzene rings is 3. The van der Waals surface area contributed by atoms with Gasteiger partial charge in [-0.1, -0.05) is 133 Å². The SMILES string of the molecule is C1=CCCC(N2C3=CCC(C4=CC=CCC4c4ccccc4C4=CC5C6=C(CCC=C6)N(c6ccccc6)C5C=C4)CC3c3ccccc32)=C1. The van der Waals surface area contributed by atoms with Gasteiger partial charge in [0.2, 0.25) is 0 Å². The second-order valence-corrected chi connectivity index (χ2v) is 14.9. The van der Waals surface area contributed by atoms with Crippen LogP contribution in [0.25, 0.3) is 5.57 Å². The molecule has 0 bridgehead atoms.